The lowest BCUT2D eigenvalue weighted by Gasteiger charge is -2.10. The molecule has 0 saturated carbocycles. The molecule has 1 unspecified atom stereocenters. The molecular formula is C10H11FO3. The molecule has 0 aliphatic heterocycles. The molecule has 0 aromatic heterocycles. The van der Waals surface area contributed by atoms with Gasteiger partial charge in [0.05, 0.1) is 11.7 Å². The number of halogens is 1. The summed E-state index contributed by atoms with van der Waals surface area (Å²) in [5, 5.41) is 8.93. The Hall–Kier alpha value is -1.42. The lowest BCUT2D eigenvalue weighted by atomic mass is 10.2. The molecule has 1 rings (SSSR count). The molecule has 0 amide bonds. The van der Waals surface area contributed by atoms with Crippen molar-refractivity contribution < 1.29 is 19.0 Å². The van der Waals surface area contributed by atoms with Crippen LogP contribution in [0.5, 0.6) is 5.75 Å². The maximum absolute atomic E-state index is 13.1. The van der Waals surface area contributed by atoms with Crippen LogP contribution < -0.4 is 4.74 Å². The molecular weight excluding hydrogens is 187 g/mol. The second-order valence-electron chi connectivity index (χ2n) is 2.94. The summed E-state index contributed by atoms with van der Waals surface area (Å²) in [6.45, 7) is 1.48. The molecule has 0 aliphatic rings. The number of ether oxygens (including phenoxy) is 1. The van der Waals surface area contributed by atoms with E-state index in [1.165, 1.54) is 25.1 Å². The van der Waals surface area contributed by atoms with Gasteiger partial charge in [-0.3, -0.25) is 4.79 Å². The second-order valence-corrected chi connectivity index (χ2v) is 2.94. The number of carbonyl (C=O) groups is 1. The standard InChI is InChI=1S/C10H11FO3/c1-7(13)6-14-10-8(5-12)3-2-4-9(10)11/h2-5,7,13H,6H2,1H3. The van der Waals surface area contributed by atoms with Gasteiger partial charge < -0.3 is 9.84 Å². The lowest BCUT2D eigenvalue weighted by Crippen LogP contribution is -2.14. The summed E-state index contributed by atoms with van der Waals surface area (Å²) in [7, 11) is 0. The van der Waals surface area contributed by atoms with Crippen LogP contribution in [0.15, 0.2) is 18.2 Å². The first-order valence-electron chi connectivity index (χ1n) is 4.19. The first-order chi connectivity index (χ1) is 6.65. The van der Waals surface area contributed by atoms with Crippen molar-refractivity contribution in [2.45, 2.75) is 13.0 Å². The van der Waals surface area contributed by atoms with Gasteiger partial charge in [-0.2, -0.15) is 0 Å². The minimum Gasteiger partial charge on any atom is -0.487 e. The van der Waals surface area contributed by atoms with E-state index in [4.69, 9.17) is 9.84 Å². The molecule has 0 fully saturated rings. The Bertz CT molecular complexity index is 323. The van der Waals surface area contributed by atoms with Crippen LogP contribution in [0, 0.1) is 5.82 Å². The molecule has 4 heteroatoms. The first-order valence-corrected chi connectivity index (χ1v) is 4.19. The van der Waals surface area contributed by atoms with Crippen LogP contribution in [0.3, 0.4) is 0 Å². The van der Waals surface area contributed by atoms with Crippen LogP contribution in [0.2, 0.25) is 0 Å². The van der Waals surface area contributed by atoms with E-state index in [0.29, 0.717) is 6.29 Å². The van der Waals surface area contributed by atoms with Crippen molar-refractivity contribution in [3.8, 4) is 5.75 Å². The van der Waals surface area contributed by atoms with Crippen LogP contribution in [-0.4, -0.2) is 24.1 Å². The summed E-state index contributed by atoms with van der Waals surface area (Å²) in [5.41, 5.74) is 0.144. The number of carbonyl (C=O) groups excluding carboxylic acids is 1. The molecule has 0 aliphatic carbocycles. The summed E-state index contributed by atoms with van der Waals surface area (Å²) in [5.74, 6) is -0.710. The molecule has 1 N–H and O–H groups in total. The Balaban J connectivity index is 2.87. The summed E-state index contributed by atoms with van der Waals surface area (Å²) >= 11 is 0. The minimum atomic E-state index is -0.700. The van der Waals surface area contributed by atoms with E-state index in [0.717, 1.165) is 0 Å². The van der Waals surface area contributed by atoms with Crippen LogP contribution in [0.4, 0.5) is 4.39 Å². The maximum Gasteiger partial charge on any atom is 0.165 e. The molecule has 3 nitrogen and oxygen atoms in total. The third-order valence-electron chi connectivity index (χ3n) is 1.59. The highest BCUT2D eigenvalue weighted by atomic mass is 19.1. The van der Waals surface area contributed by atoms with E-state index in [9.17, 15) is 9.18 Å². The van der Waals surface area contributed by atoms with Gasteiger partial charge in [-0.1, -0.05) is 6.07 Å². The van der Waals surface area contributed by atoms with Gasteiger partial charge >= 0.3 is 0 Å². The van der Waals surface area contributed by atoms with E-state index >= 15 is 0 Å². The summed E-state index contributed by atoms with van der Waals surface area (Å²) in [4.78, 5) is 10.5. The summed E-state index contributed by atoms with van der Waals surface area (Å²) in [6.07, 6.45) is -0.186. The van der Waals surface area contributed by atoms with Crippen LogP contribution in [0.25, 0.3) is 0 Å². The Morgan fingerprint density at radius 3 is 2.93 bits per heavy atom. The number of aliphatic hydroxyl groups excluding tert-OH is 1. The molecule has 0 radical (unpaired) electrons. The van der Waals surface area contributed by atoms with Crippen molar-refractivity contribution in [3.63, 3.8) is 0 Å². The molecule has 0 spiro atoms. The maximum atomic E-state index is 13.1. The quantitative estimate of drug-likeness (QED) is 0.744. The van der Waals surface area contributed by atoms with Gasteiger partial charge in [-0.05, 0) is 19.1 Å². The van der Waals surface area contributed by atoms with Gasteiger partial charge in [-0.15, -0.1) is 0 Å². The van der Waals surface area contributed by atoms with Crippen molar-refractivity contribution in [1.82, 2.24) is 0 Å². The van der Waals surface area contributed by atoms with E-state index < -0.39 is 11.9 Å². The zero-order valence-corrected chi connectivity index (χ0v) is 7.74. The van der Waals surface area contributed by atoms with Gasteiger partial charge in [0.25, 0.3) is 0 Å². The highest BCUT2D eigenvalue weighted by molar-refractivity contribution is 5.79. The van der Waals surface area contributed by atoms with Crippen molar-refractivity contribution >= 4 is 6.29 Å². The van der Waals surface area contributed by atoms with Crippen molar-refractivity contribution in [2.75, 3.05) is 6.61 Å². The van der Waals surface area contributed by atoms with Gasteiger partial charge in [-0.25, -0.2) is 4.39 Å². The largest absolute Gasteiger partial charge is 0.487 e. The fourth-order valence-corrected chi connectivity index (χ4v) is 0.975. The molecule has 0 bridgehead atoms. The summed E-state index contributed by atoms with van der Waals surface area (Å²) in [6, 6.07) is 4.08. The highest BCUT2D eigenvalue weighted by Gasteiger charge is 2.09. The molecule has 0 heterocycles. The molecule has 14 heavy (non-hydrogen) atoms. The predicted molar refractivity (Wildman–Crippen MR) is 49.0 cm³/mol. The minimum absolute atomic E-state index is 0.0399. The number of para-hydroxylation sites is 1. The zero-order chi connectivity index (χ0) is 10.6. The molecule has 76 valence electrons. The predicted octanol–water partition coefficient (Wildman–Crippen LogP) is 1.40. The van der Waals surface area contributed by atoms with Gasteiger partial charge in [0.2, 0.25) is 0 Å². The number of rotatable bonds is 4. The third kappa shape index (κ3) is 2.53. The van der Waals surface area contributed by atoms with Gasteiger partial charge in [0.15, 0.2) is 17.9 Å². The van der Waals surface area contributed by atoms with E-state index in [1.807, 2.05) is 0 Å². The monoisotopic (exact) mass is 198 g/mol. The fraction of sp³-hybridized carbons (Fsp3) is 0.300. The Labute approximate surface area is 81.1 Å². The number of hydrogen-bond acceptors (Lipinski definition) is 3. The number of benzene rings is 1. The van der Waals surface area contributed by atoms with Crippen LogP contribution in [-0.2, 0) is 0 Å². The van der Waals surface area contributed by atoms with E-state index in [-0.39, 0.29) is 17.9 Å². The van der Waals surface area contributed by atoms with E-state index in [2.05, 4.69) is 0 Å². The smallest absolute Gasteiger partial charge is 0.165 e. The average molecular weight is 198 g/mol. The van der Waals surface area contributed by atoms with Gasteiger partial charge in [0.1, 0.15) is 6.61 Å². The van der Waals surface area contributed by atoms with Crippen LogP contribution in [0.1, 0.15) is 17.3 Å². The van der Waals surface area contributed by atoms with E-state index in [1.54, 1.807) is 0 Å². The normalized spacial score (nSPS) is 12.2. The lowest BCUT2D eigenvalue weighted by molar-refractivity contribution is 0.108. The Morgan fingerprint density at radius 1 is 1.64 bits per heavy atom. The fourth-order valence-electron chi connectivity index (χ4n) is 0.975. The first kappa shape index (κ1) is 10.7. The van der Waals surface area contributed by atoms with Crippen molar-refractivity contribution in [3.05, 3.63) is 29.6 Å². The van der Waals surface area contributed by atoms with Crippen molar-refractivity contribution in [1.29, 1.82) is 0 Å². The number of aliphatic hydroxyl groups is 1. The zero-order valence-electron chi connectivity index (χ0n) is 7.74. The van der Waals surface area contributed by atoms with Crippen LogP contribution >= 0.6 is 0 Å². The topological polar surface area (TPSA) is 46.5 Å². The Kier molecular flexibility index (Phi) is 3.59. The molecule has 1 aromatic rings. The SMILES string of the molecule is CC(O)COc1c(F)cccc1C=O. The Morgan fingerprint density at radius 2 is 2.36 bits per heavy atom. The molecule has 1 atom stereocenters. The average Bonchev–Trinajstić information content (AvgIpc) is 2.15. The third-order valence-corrected chi connectivity index (χ3v) is 1.59. The highest BCUT2D eigenvalue weighted by Crippen LogP contribution is 2.20. The molecule has 1 aromatic carbocycles. The number of aldehydes is 1. The number of hydrogen-bond donors (Lipinski definition) is 1. The molecule has 0 saturated heterocycles. The van der Waals surface area contributed by atoms with Gasteiger partial charge in [0, 0.05) is 0 Å². The second kappa shape index (κ2) is 4.72. The van der Waals surface area contributed by atoms with Crippen molar-refractivity contribution in [2.24, 2.45) is 0 Å². The summed E-state index contributed by atoms with van der Waals surface area (Å²) < 4.78 is 18.1.